The van der Waals surface area contributed by atoms with Crippen molar-refractivity contribution in [2.24, 2.45) is 21.2 Å². The molecule has 1 aliphatic heterocycles. The predicted molar refractivity (Wildman–Crippen MR) is 129 cm³/mol. The Hall–Kier alpha value is -3.34. The Kier molecular flexibility index (Phi) is 7.98. The smallest absolute Gasteiger partial charge is 0.349 e. The molecule has 182 valence electrons. The van der Waals surface area contributed by atoms with E-state index < -0.39 is 27.4 Å². The second-order valence-corrected chi connectivity index (χ2v) is 10.3. The topological polar surface area (TPSA) is 105 Å². The van der Waals surface area contributed by atoms with Crippen LogP contribution in [0.1, 0.15) is 13.8 Å². The molecule has 0 saturated heterocycles. The number of allylic oxidation sites excluding steroid dienone is 1. The highest BCUT2D eigenvalue weighted by atomic mass is 32.2. The molecule has 0 saturated carbocycles. The molecule has 2 N–H and O–H groups in total. The molecule has 0 bridgehead atoms. The van der Waals surface area contributed by atoms with Crippen molar-refractivity contribution in [1.82, 2.24) is 10.3 Å². The first kappa shape index (κ1) is 25.3. The lowest BCUT2D eigenvalue weighted by Gasteiger charge is -2.26. The number of nitrogens with zero attached hydrogens (tertiary/aromatic N) is 3. The summed E-state index contributed by atoms with van der Waals surface area (Å²) in [4.78, 5) is 20.2. The van der Waals surface area contributed by atoms with Crippen LogP contribution in [0.2, 0.25) is 0 Å². The lowest BCUT2D eigenvalue weighted by molar-refractivity contribution is 0.250. The maximum absolute atomic E-state index is 14.6. The van der Waals surface area contributed by atoms with Gasteiger partial charge in [0, 0.05) is 53.8 Å². The van der Waals surface area contributed by atoms with Gasteiger partial charge in [0.25, 0.3) is 0 Å². The van der Waals surface area contributed by atoms with E-state index in [0.717, 1.165) is 6.20 Å². The molecule has 0 spiro atoms. The number of carbonyl (C=O) groups excluding carboxylic acids is 1. The van der Waals surface area contributed by atoms with Gasteiger partial charge in [-0.3, -0.25) is 0 Å². The van der Waals surface area contributed by atoms with Gasteiger partial charge in [0.2, 0.25) is 0 Å². The van der Waals surface area contributed by atoms with Crippen LogP contribution in [0, 0.1) is 23.5 Å². The third-order valence-electron chi connectivity index (χ3n) is 5.29. The van der Waals surface area contributed by atoms with Gasteiger partial charge in [-0.05, 0) is 25.1 Å². The van der Waals surface area contributed by atoms with Gasteiger partial charge in [0.05, 0.1) is 23.0 Å². The van der Waals surface area contributed by atoms with Gasteiger partial charge < -0.3 is 15.4 Å². The van der Waals surface area contributed by atoms with E-state index in [9.17, 15) is 17.8 Å². The molecule has 1 aliphatic rings. The number of ether oxygens (including phenoxy) is 1. The van der Waals surface area contributed by atoms with Crippen molar-refractivity contribution in [1.29, 1.82) is 0 Å². The predicted octanol–water partition coefficient (Wildman–Crippen LogP) is 4.45. The first-order valence-electron chi connectivity index (χ1n) is 10.6. The number of benzene rings is 1. The first-order valence-corrected chi connectivity index (χ1v) is 12.7. The summed E-state index contributed by atoms with van der Waals surface area (Å²) in [5.41, 5.74) is 0.559. The van der Waals surface area contributed by atoms with E-state index >= 15 is 0 Å². The Morgan fingerprint density at radius 2 is 2.03 bits per heavy atom. The first-order chi connectivity index (χ1) is 16.1. The zero-order valence-electron chi connectivity index (χ0n) is 19.3. The Morgan fingerprint density at radius 3 is 2.74 bits per heavy atom. The molecule has 11 heteroatoms. The summed E-state index contributed by atoms with van der Waals surface area (Å²) in [5, 5.41) is 5.62. The van der Waals surface area contributed by atoms with Crippen LogP contribution in [-0.4, -0.2) is 46.7 Å². The van der Waals surface area contributed by atoms with Crippen molar-refractivity contribution in [3.05, 3.63) is 54.4 Å². The molecule has 0 aliphatic carbocycles. The summed E-state index contributed by atoms with van der Waals surface area (Å²) in [5.74, 6) is -0.275. The molecule has 3 atom stereocenters. The molecule has 2 amide bonds. The van der Waals surface area contributed by atoms with Gasteiger partial charge in [0.15, 0.2) is 0 Å². The summed E-state index contributed by atoms with van der Waals surface area (Å²) in [6.45, 7) is 4.05. The molecule has 0 fully saturated rings. The number of aliphatic imine (C=N–C) groups is 1. The molecule has 2 heterocycles. The SMILES string of the molecule is CCNC(=O)N=S(C)(=O)CC1C=CN=C(Nc2cc(-c3ccc(F)cc3OC)c(F)cn2)C1C. The van der Waals surface area contributed by atoms with Crippen LogP contribution in [0.15, 0.2) is 52.1 Å². The Balaban J connectivity index is 1.82. The number of urea groups is 1. The van der Waals surface area contributed by atoms with Gasteiger partial charge >= 0.3 is 6.03 Å². The van der Waals surface area contributed by atoms with Crippen molar-refractivity contribution in [3.8, 4) is 16.9 Å². The molecule has 1 aromatic heterocycles. The largest absolute Gasteiger partial charge is 0.496 e. The molecule has 3 unspecified atom stereocenters. The maximum atomic E-state index is 14.6. The summed E-state index contributed by atoms with van der Waals surface area (Å²) in [6, 6.07) is 4.72. The molecule has 1 aromatic carbocycles. The number of aromatic nitrogens is 1. The number of hydrogen-bond acceptors (Lipinski definition) is 6. The zero-order chi connectivity index (χ0) is 24.9. The maximum Gasteiger partial charge on any atom is 0.349 e. The number of anilines is 1. The van der Waals surface area contributed by atoms with Gasteiger partial charge in [-0.15, -0.1) is 4.36 Å². The molecule has 0 radical (unpaired) electrons. The summed E-state index contributed by atoms with van der Waals surface area (Å²) in [7, 11) is -1.39. The number of amides is 2. The lowest BCUT2D eigenvalue weighted by Crippen LogP contribution is -2.32. The molecular formula is C23H27F2N5O3S. The van der Waals surface area contributed by atoms with E-state index in [0.29, 0.717) is 23.8 Å². The number of methoxy groups -OCH3 is 1. The van der Waals surface area contributed by atoms with Crippen molar-refractivity contribution in [3.63, 3.8) is 0 Å². The molecule has 8 nitrogen and oxygen atoms in total. The second kappa shape index (κ2) is 10.7. The summed E-state index contributed by atoms with van der Waals surface area (Å²) >= 11 is 0. The molecular weight excluding hydrogens is 464 g/mol. The minimum absolute atomic E-state index is 0.164. The fourth-order valence-electron chi connectivity index (χ4n) is 3.55. The third kappa shape index (κ3) is 6.16. The highest BCUT2D eigenvalue weighted by molar-refractivity contribution is 7.93. The van der Waals surface area contributed by atoms with E-state index in [2.05, 4.69) is 25.0 Å². The van der Waals surface area contributed by atoms with E-state index in [1.165, 1.54) is 37.6 Å². The molecule has 3 rings (SSSR count). The van der Waals surface area contributed by atoms with Crippen LogP contribution in [0.3, 0.4) is 0 Å². The van der Waals surface area contributed by atoms with Gasteiger partial charge in [-0.2, -0.15) is 0 Å². The zero-order valence-corrected chi connectivity index (χ0v) is 20.2. The molecule has 2 aromatic rings. The van der Waals surface area contributed by atoms with Crippen LogP contribution in [0.4, 0.5) is 19.4 Å². The van der Waals surface area contributed by atoms with Crippen LogP contribution in [-0.2, 0) is 9.73 Å². The summed E-state index contributed by atoms with van der Waals surface area (Å²) < 4.78 is 50.0. The highest BCUT2D eigenvalue weighted by Crippen LogP contribution is 2.33. The van der Waals surface area contributed by atoms with E-state index in [4.69, 9.17) is 4.74 Å². The number of halogens is 2. The fourth-order valence-corrected chi connectivity index (χ4v) is 5.16. The Labute approximate surface area is 197 Å². The average molecular weight is 492 g/mol. The van der Waals surface area contributed by atoms with Crippen LogP contribution in [0.5, 0.6) is 5.75 Å². The van der Waals surface area contributed by atoms with E-state index in [1.54, 1.807) is 13.1 Å². The van der Waals surface area contributed by atoms with Gasteiger partial charge in [-0.25, -0.2) is 27.8 Å². The van der Waals surface area contributed by atoms with Gasteiger partial charge in [0.1, 0.15) is 29.0 Å². The van der Waals surface area contributed by atoms with Crippen molar-refractivity contribution in [2.75, 3.05) is 31.0 Å². The lowest BCUT2D eigenvalue weighted by atomic mass is 9.93. The average Bonchev–Trinajstić information content (AvgIpc) is 2.77. The van der Waals surface area contributed by atoms with Crippen LogP contribution >= 0.6 is 0 Å². The third-order valence-corrected chi connectivity index (χ3v) is 6.85. The Bertz CT molecular complexity index is 1260. The minimum Gasteiger partial charge on any atom is -0.496 e. The number of rotatable bonds is 6. The quantitative estimate of drug-likeness (QED) is 0.621. The molecule has 34 heavy (non-hydrogen) atoms. The van der Waals surface area contributed by atoms with E-state index in [1.807, 2.05) is 13.0 Å². The Morgan fingerprint density at radius 1 is 1.26 bits per heavy atom. The normalized spacial score (nSPS) is 19.1. The standard InChI is InChI=1S/C23H27F2N5O3S/c1-5-26-23(31)30-34(4,32)13-15-8-9-27-22(14(15)2)29-21-11-18(19(25)12-28-21)17-7-6-16(24)10-20(17)33-3/h6-12,14-15H,5,13H2,1-4H3,(H,26,31)(H,27,28,29). The van der Waals surface area contributed by atoms with Crippen LogP contribution < -0.4 is 15.4 Å². The van der Waals surface area contributed by atoms with E-state index in [-0.39, 0.29) is 28.9 Å². The van der Waals surface area contributed by atoms with Crippen molar-refractivity contribution >= 4 is 27.4 Å². The number of carbonyl (C=O) groups is 1. The fraction of sp³-hybridized carbons (Fsp3) is 0.348. The minimum atomic E-state index is -2.77. The van der Waals surface area contributed by atoms with Crippen molar-refractivity contribution < 1.29 is 22.5 Å². The number of amidine groups is 1. The summed E-state index contributed by atoms with van der Waals surface area (Å²) in [6.07, 6.45) is 5.92. The second-order valence-electron chi connectivity index (χ2n) is 7.88. The number of hydrogen-bond donors (Lipinski definition) is 2. The highest BCUT2D eigenvalue weighted by Gasteiger charge is 2.26. The monoisotopic (exact) mass is 491 g/mol. The number of nitrogens with one attached hydrogen (secondary N) is 2. The van der Waals surface area contributed by atoms with Gasteiger partial charge in [-0.1, -0.05) is 13.0 Å². The van der Waals surface area contributed by atoms with Crippen molar-refractivity contribution in [2.45, 2.75) is 13.8 Å². The number of pyridine rings is 1. The van der Waals surface area contributed by atoms with Crippen LogP contribution in [0.25, 0.3) is 11.1 Å².